The number of nitrogens with zero attached hydrogens (tertiary/aromatic N) is 3. The zero-order valence-electron chi connectivity index (χ0n) is 24.0. The molecule has 0 spiro atoms. The SMILES string of the molecule is NS(=O)(=O)C(Cl)(Nc1ccccc1)Nc1nc(NC(Cl)(Nc2ccccc2)S(N)(=O)=O)nc(NC(Cl)(Nc2ccccc2)S(N)(=O)=O)n1. The molecule has 0 aliphatic rings. The third kappa shape index (κ3) is 8.94. The predicted octanol–water partition coefficient (Wildman–Crippen LogP) is 1.86. The number of sulfonamides is 3. The highest BCUT2D eigenvalue weighted by atomic mass is 35.5. The van der Waals surface area contributed by atoms with Gasteiger partial charge in [0.05, 0.1) is 0 Å². The molecule has 4 rings (SSSR count). The zero-order chi connectivity index (χ0) is 35.4. The van der Waals surface area contributed by atoms with Crippen molar-refractivity contribution in [1.82, 2.24) is 15.0 Å². The molecule has 0 amide bonds. The fraction of sp³-hybridized carbons (Fsp3) is 0.125. The summed E-state index contributed by atoms with van der Waals surface area (Å²) in [5, 5.41) is 30.6. The molecule has 258 valence electrons. The van der Waals surface area contributed by atoms with Crippen LogP contribution in [-0.4, -0.2) is 53.6 Å². The second-order valence-corrected chi connectivity index (χ2v) is 17.1. The van der Waals surface area contributed by atoms with E-state index in [-0.39, 0.29) is 17.1 Å². The molecule has 0 fully saturated rings. The number of nitrogens with one attached hydrogen (secondary N) is 6. The highest BCUT2D eigenvalue weighted by Crippen LogP contribution is 2.30. The molecule has 0 aliphatic heterocycles. The van der Waals surface area contributed by atoms with Gasteiger partial charge in [-0.15, -0.1) is 0 Å². The summed E-state index contributed by atoms with van der Waals surface area (Å²) in [7, 11) is -14.4. The minimum atomic E-state index is -4.79. The van der Waals surface area contributed by atoms with Gasteiger partial charge >= 0.3 is 13.4 Å². The molecule has 24 heteroatoms. The first-order valence-corrected chi connectivity index (χ1v) is 18.7. The molecule has 0 radical (unpaired) electrons. The molecule has 3 unspecified atom stereocenters. The fourth-order valence-corrected chi connectivity index (χ4v) is 5.68. The summed E-state index contributed by atoms with van der Waals surface area (Å²) in [6, 6.07) is 23.1. The van der Waals surface area contributed by atoms with Crippen LogP contribution in [0.3, 0.4) is 0 Å². The van der Waals surface area contributed by atoms with E-state index >= 15 is 0 Å². The van der Waals surface area contributed by atoms with Gasteiger partial charge in [0.25, 0.3) is 30.1 Å². The number of primary sulfonamides is 3. The molecule has 0 bridgehead atoms. The maximum atomic E-state index is 12.7. The van der Waals surface area contributed by atoms with Gasteiger partial charge in [0.1, 0.15) is 0 Å². The Balaban J connectivity index is 1.85. The molecule has 12 N–H and O–H groups in total. The van der Waals surface area contributed by atoms with Gasteiger partial charge in [-0.25, -0.2) is 40.7 Å². The summed E-state index contributed by atoms with van der Waals surface area (Å²) in [5.74, 6) is -2.24. The minimum absolute atomic E-state index is 0.168. The zero-order valence-corrected chi connectivity index (χ0v) is 28.8. The first-order valence-electron chi connectivity index (χ1n) is 13.0. The van der Waals surface area contributed by atoms with Crippen molar-refractivity contribution in [3.63, 3.8) is 0 Å². The highest BCUT2D eigenvalue weighted by molar-refractivity contribution is 7.92. The molecule has 4 aromatic rings. The first kappa shape index (κ1) is 36.9. The summed E-state index contributed by atoms with van der Waals surface area (Å²) in [6.45, 7) is 0. The molecule has 3 aromatic carbocycles. The predicted molar refractivity (Wildman–Crippen MR) is 186 cm³/mol. The molecule has 48 heavy (non-hydrogen) atoms. The number of para-hydroxylation sites is 3. The number of alkyl halides is 3. The lowest BCUT2D eigenvalue weighted by Gasteiger charge is -2.31. The number of nitrogens with two attached hydrogens (primary N) is 3. The van der Waals surface area contributed by atoms with Crippen molar-refractivity contribution in [2.24, 2.45) is 15.4 Å². The van der Waals surface area contributed by atoms with Crippen LogP contribution in [0.4, 0.5) is 34.9 Å². The molecule has 18 nitrogen and oxygen atoms in total. The van der Waals surface area contributed by atoms with Gasteiger partial charge in [-0.05, 0) is 36.4 Å². The molecule has 3 atom stereocenters. The lowest BCUT2D eigenvalue weighted by molar-refractivity contribution is 0.584. The Labute approximate surface area is 290 Å². The van der Waals surface area contributed by atoms with Crippen LogP contribution in [0.2, 0.25) is 0 Å². The van der Waals surface area contributed by atoms with E-state index in [1.807, 2.05) is 0 Å². The number of rotatable bonds is 15. The minimum Gasteiger partial charge on any atom is -0.336 e. The van der Waals surface area contributed by atoms with Crippen molar-refractivity contribution >= 4 is 99.8 Å². The van der Waals surface area contributed by atoms with Crippen molar-refractivity contribution < 1.29 is 25.3 Å². The second kappa shape index (κ2) is 13.9. The Morgan fingerprint density at radius 2 is 0.625 bits per heavy atom. The summed E-state index contributed by atoms with van der Waals surface area (Å²) in [4.78, 5) is 11.9. The van der Waals surface area contributed by atoms with Crippen LogP contribution in [0.1, 0.15) is 0 Å². The van der Waals surface area contributed by atoms with Crippen molar-refractivity contribution in [1.29, 1.82) is 0 Å². The second-order valence-electron chi connectivity index (χ2n) is 9.58. The summed E-state index contributed by atoms with van der Waals surface area (Å²) in [6.07, 6.45) is 0. The number of anilines is 6. The lowest BCUT2D eigenvalue weighted by atomic mass is 10.3. The average Bonchev–Trinajstić information content (AvgIpc) is 2.96. The molecular formula is C24H27Cl3N12O6S3. The van der Waals surface area contributed by atoms with Crippen LogP contribution in [-0.2, 0) is 30.1 Å². The van der Waals surface area contributed by atoms with Crippen LogP contribution < -0.4 is 47.3 Å². The highest BCUT2D eigenvalue weighted by Gasteiger charge is 2.45. The van der Waals surface area contributed by atoms with Crippen molar-refractivity contribution in [2.45, 2.75) is 13.4 Å². The van der Waals surface area contributed by atoms with Gasteiger partial charge in [-0.2, -0.15) is 15.0 Å². The van der Waals surface area contributed by atoms with Gasteiger partial charge in [0.15, 0.2) is 0 Å². The van der Waals surface area contributed by atoms with Crippen LogP contribution >= 0.6 is 34.8 Å². The van der Waals surface area contributed by atoms with E-state index in [0.29, 0.717) is 0 Å². The molecule has 0 saturated carbocycles. The van der Waals surface area contributed by atoms with E-state index < -0.39 is 61.3 Å². The number of hydrogen-bond donors (Lipinski definition) is 9. The van der Waals surface area contributed by atoms with Crippen LogP contribution in [0.15, 0.2) is 91.0 Å². The smallest absolute Gasteiger partial charge is 0.307 e. The quantitative estimate of drug-likeness (QED) is 0.0473. The van der Waals surface area contributed by atoms with Gasteiger partial charge in [0.2, 0.25) is 17.8 Å². The van der Waals surface area contributed by atoms with E-state index in [9.17, 15) is 25.3 Å². The number of halogens is 3. The Hall–Kier alpha value is -3.93. The maximum absolute atomic E-state index is 12.7. The van der Waals surface area contributed by atoms with Crippen molar-refractivity contribution in [2.75, 3.05) is 31.9 Å². The summed E-state index contributed by atoms with van der Waals surface area (Å²) in [5.41, 5.74) is 0.505. The van der Waals surface area contributed by atoms with Crippen LogP contribution in [0.25, 0.3) is 0 Å². The third-order valence-electron chi connectivity index (χ3n) is 5.87. The number of hydrogen-bond acceptors (Lipinski definition) is 15. The van der Waals surface area contributed by atoms with Crippen molar-refractivity contribution in [3.8, 4) is 0 Å². The van der Waals surface area contributed by atoms with Crippen molar-refractivity contribution in [3.05, 3.63) is 91.0 Å². The molecular weight excluding hydrogens is 755 g/mol. The van der Waals surface area contributed by atoms with Crippen LogP contribution in [0, 0.1) is 0 Å². The van der Waals surface area contributed by atoms with Gasteiger partial charge in [-0.3, -0.25) is 0 Å². The monoisotopic (exact) mass is 780 g/mol. The number of benzene rings is 3. The topological polar surface area (TPSA) is 291 Å². The molecule has 1 aromatic heterocycles. The van der Waals surface area contributed by atoms with E-state index in [2.05, 4.69) is 46.9 Å². The fourth-order valence-electron chi connectivity index (χ4n) is 3.62. The number of aromatic nitrogens is 3. The van der Waals surface area contributed by atoms with Gasteiger partial charge in [0, 0.05) is 17.1 Å². The average molecular weight is 782 g/mol. The van der Waals surface area contributed by atoms with Gasteiger partial charge in [-0.1, -0.05) is 89.4 Å². The van der Waals surface area contributed by atoms with Crippen LogP contribution in [0.5, 0.6) is 0 Å². The Morgan fingerprint density at radius 3 is 0.812 bits per heavy atom. The Kier molecular flexibility index (Phi) is 10.7. The lowest BCUT2D eigenvalue weighted by Crippen LogP contribution is -2.53. The standard InChI is InChI=1S/C24H27Cl3N12O6S3/c25-22(46(28,40)41,34-16-10-4-1-5-11-16)37-19-31-20(38-23(26,47(29,42)43)35-17-12-6-2-7-13-17)33-21(32-19)39-24(27,48(30,44)45)36-18-14-8-3-9-15-18/h1-15,34-36H,(H2,28,40,41)(H2,29,42,43)(H2,30,44,45)(H3,31,32,33,37,38,39). The van der Waals surface area contributed by atoms with Gasteiger partial charge < -0.3 is 31.9 Å². The molecule has 0 saturated heterocycles. The Morgan fingerprint density at radius 1 is 0.417 bits per heavy atom. The third-order valence-corrected chi connectivity index (χ3v) is 11.3. The summed E-state index contributed by atoms with van der Waals surface area (Å²) < 4.78 is 68.0. The van der Waals surface area contributed by atoms with E-state index in [4.69, 9.17) is 50.2 Å². The maximum Gasteiger partial charge on any atom is 0.307 e. The van der Waals surface area contributed by atoms with E-state index in [0.717, 1.165) is 0 Å². The van der Waals surface area contributed by atoms with E-state index in [1.165, 1.54) is 36.4 Å². The largest absolute Gasteiger partial charge is 0.336 e. The van der Waals surface area contributed by atoms with E-state index in [1.54, 1.807) is 54.6 Å². The summed E-state index contributed by atoms with van der Waals surface area (Å²) >= 11 is 19.3. The molecule has 0 aliphatic carbocycles. The Bertz CT molecular complexity index is 1830. The molecule has 1 heterocycles. The first-order chi connectivity index (χ1) is 22.2. The normalized spacial score (nSPS) is 15.9.